The van der Waals surface area contributed by atoms with Gasteiger partial charge in [-0.2, -0.15) is 5.10 Å². The summed E-state index contributed by atoms with van der Waals surface area (Å²) in [5.41, 5.74) is 0.402. The number of β-amino-alcohol motifs (C(OH)–C–C–N with tert-alkyl or cyclic N) is 1. The standard InChI is InChI=1S/C24H29FN4O4/c1-19-11-22(5-6-23(19)25)33-16-24(30)14-28(7-9-31-15-24)13-20-3-2-4-21(12-20)32-10-8-29-18-26-17-27-29/h2-6,11-12,17-18,30H,7-10,13-16H2,1H3. The second kappa shape index (κ2) is 10.7. The highest BCUT2D eigenvalue weighted by Crippen LogP contribution is 2.21. The van der Waals surface area contributed by atoms with E-state index in [-0.39, 0.29) is 19.0 Å². The van der Waals surface area contributed by atoms with Gasteiger partial charge in [0.15, 0.2) is 0 Å². The molecular formula is C24H29FN4O4. The van der Waals surface area contributed by atoms with Crippen LogP contribution in [0, 0.1) is 12.7 Å². The summed E-state index contributed by atoms with van der Waals surface area (Å²) in [5, 5.41) is 15.2. The van der Waals surface area contributed by atoms with Crippen LogP contribution in [0.3, 0.4) is 0 Å². The highest BCUT2D eigenvalue weighted by Gasteiger charge is 2.33. The summed E-state index contributed by atoms with van der Waals surface area (Å²) in [7, 11) is 0. The predicted octanol–water partition coefficient (Wildman–Crippen LogP) is 2.45. The molecule has 4 rings (SSSR count). The first-order chi connectivity index (χ1) is 16.0. The van der Waals surface area contributed by atoms with Crippen molar-refractivity contribution in [2.24, 2.45) is 0 Å². The fourth-order valence-electron chi connectivity index (χ4n) is 3.74. The summed E-state index contributed by atoms with van der Waals surface area (Å²) >= 11 is 0. The van der Waals surface area contributed by atoms with Crippen molar-refractivity contribution in [2.75, 3.05) is 39.5 Å². The number of rotatable bonds is 9. The van der Waals surface area contributed by atoms with Crippen molar-refractivity contribution in [3.8, 4) is 11.5 Å². The van der Waals surface area contributed by atoms with Crippen molar-refractivity contribution in [3.05, 3.63) is 72.1 Å². The van der Waals surface area contributed by atoms with Gasteiger partial charge in [-0.1, -0.05) is 12.1 Å². The summed E-state index contributed by atoms with van der Waals surface area (Å²) in [4.78, 5) is 6.06. The highest BCUT2D eigenvalue weighted by atomic mass is 19.1. The number of hydrogen-bond donors (Lipinski definition) is 1. The van der Waals surface area contributed by atoms with Crippen LogP contribution in [0.15, 0.2) is 55.1 Å². The molecular weight excluding hydrogens is 427 g/mol. The van der Waals surface area contributed by atoms with Crippen LogP contribution < -0.4 is 9.47 Å². The van der Waals surface area contributed by atoms with Crippen LogP contribution in [0.5, 0.6) is 11.5 Å². The van der Waals surface area contributed by atoms with E-state index >= 15 is 0 Å². The van der Waals surface area contributed by atoms with Gasteiger partial charge in [0.25, 0.3) is 0 Å². The van der Waals surface area contributed by atoms with Crippen LogP contribution in [0.25, 0.3) is 0 Å². The van der Waals surface area contributed by atoms with E-state index in [1.165, 1.54) is 12.4 Å². The Morgan fingerprint density at radius 2 is 2.06 bits per heavy atom. The van der Waals surface area contributed by atoms with Crippen LogP contribution in [0.2, 0.25) is 0 Å². The Kier molecular flexibility index (Phi) is 7.54. The number of aryl methyl sites for hydroxylation is 1. The SMILES string of the molecule is Cc1cc(OCC2(O)COCCN(Cc3cccc(OCCn4cncn4)c3)C2)ccc1F. The zero-order valence-corrected chi connectivity index (χ0v) is 18.7. The van der Waals surface area contributed by atoms with Gasteiger partial charge in [-0.3, -0.25) is 4.90 Å². The Bertz CT molecular complexity index is 1030. The fraction of sp³-hybridized carbons (Fsp3) is 0.417. The lowest BCUT2D eigenvalue weighted by Crippen LogP contribution is -2.48. The van der Waals surface area contributed by atoms with Gasteiger partial charge in [-0.25, -0.2) is 14.1 Å². The average Bonchev–Trinajstić information content (AvgIpc) is 3.24. The molecule has 1 aromatic heterocycles. The molecule has 0 bridgehead atoms. The third-order valence-corrected chi connectivity index (χ3v) is 5.44. The number of benzene rings is 2. The Morgan fingerprint density at radius 3 is 2.88 bits per heavy atom. The van der Waals surface area contributed by atoms with Crippen molar-refractivity contribution in [3.63, 3.8) is 0 Å². The molecule has 8 nitrogen and oxygen atoms in total. The summed E-state index contributed by atoms with van der Waals surface area (Å²) in [5.74, 6) is 1.02. The van der Waals surface area contributed by atoms with Gasteiger partial charge in [-0.15, -0.1) is 0 Å². The van der Waals surface area contributed by atoms with Crippen molar-refractivity contribution in [2.45, 2.75) is 25.6 Å². The van der Waals surface area contributed by atoms with Crippen LogP contribution in [0.4, 0.5) is 4.39 Å². The molecule has 0 saturated carbocycles. The van der Waals surface area contributed by atoms with Crippen LogP contribution in [-0.4, -0.2) is 69.9 Å². The van der Waals surface area contributed by atoms with Gasteiger partial charge in [0, 0.05) is 19.6 Å². The molecule has 0 amide bonds. The minimum atomic E-state index is -1.18. The molecule has 1 saturated heterocycles. The third-order valence-electron chi connectivity index (χ3n) is 5.44. The number of aromatic nitrogens is 3. The quantitative estimate of drug-likeness (QED) is 0.530. The molecule has 1 fully saturated rings. The van der Waals surface area contributed by atoms with Gasteiger partial charge in [0.05, 0.1) is 19.8 Å². The molecule has 0 spiro atoms. The molecule has 9 heteroatoms. The Hall–Kier alpha value is -3.01. The minimum absolute atomic E-state index is 0.0556. The fourth-order valence-corrected chi connectivity index (χ4v) is 3.74. The maximum Gasteiger partial charge on any atom is 0.137 e. The molecule has 3 aromatic rings. The van der Waals surface area contributed by atoms with E-state index in [0.717, 1.165) is 11.3 Å². The number of nitrogens with zero attached hydrogens (tertiary/aromatic N) is 4. The summed E-state index contributed by atoms with van der Waals surface area (Å²) < 4.78 is 32.5. The lowest BCUT2D eigenvalue weighted by Gasteiger charge is -2.30. The van der Waals surface area contributed by atoms with Crippen LogP contribution in [0.1, 0.15) is 11.1 Å². The molecule has 1 unspecified atom stereocenters. The molecule has 1 N–H and O–H groups in total. The molecule has 2 aromatic carbocycles. The third kappa shape index (κ3) is 6.74. The van der Waals surface area contributed by atoms with Gasteiger partial charge in [0.1, 0.15) is 48.8 Å². The first-order valence-corrected chi connectivity index (χ1v) is 10.9. The predicted molar refractivity (Wildman–Crippen MR) is 120 cm³/mol. The smallest absolute Gasteiger partial charge is 0.137 e. The molecule has 0 radical (unpaired) electrons. The topological polar surface area (TPSA) is 81.9 Å². The normalized spacial score (nSPS) is 19.2. The second-order valence-corrected chi connectivity index (χ2v) is 8.34. The summed E-state index contributed by atoms with van der Waals surface area (Å²) in [6.45, 7) is 5.27. The number of halogens is 1. The first-order valence-electron chi connectivity index (χ1n) is 10.9. The average molecular weight is 457 g/mol. The largest absolute Gasteiger partial charge is 0.492 e. The Labute approximate surface area is 192 Å². The van der Waals surface area contributed by atoms with Crippen LogP contribution >= 0.6 is 0 Å². The van der Waals surface area contributed by atoms with E-state index in [2.05, 4.69) is 15.0 Å². The van der Waals surface area contributed by atoms with Crippen molar-refractivity contribution in [1.82, 2.24) is 19.7 Å². The Morgan fingerprint density at radius 1 is 1.18 bits per heavy atom. The zero-order chi connectivity index (χ0) is 23.1. The van der Waals surface area contributed by atoms with Crippen molar-refractivity contribution in [1.29, 1.82) is 0 Å². The second-order valence-electron chi connectivity index (χ2n) is 8.34. The molecule has 1 aliphatic heterocycles. The number of ether oxygens (including phenoxy) is 3. The highest BCUT2D eigenvalue weighted by molar-refractivity contribution is 5.29. The first kappa shape index (κ1) is 23.2. The van der Waals surface area contributed by atoms with Gasteiger partial charge in [-0.05, 0) is 48.4 Å². The van der Waals surface area contributed by atoms with Crippen molar-refractivity contribution >= 4 is 0 Å². The van der Waals surface area contributed by atoms with Gasteiger partial charge < -0.3 is 19.3 Å². The van der Waals surface area contributed by atoms with Gasteiger partial charge in [0.2, 0.25) is 0 Å². The molecule has 2 heterocycles. The minimum Gasteiger partial charge on any atom is -0.492 e. The molecule has 1 aliphatic rings. The summed E-state index contributed by atoms with van der Waals surface area (Å²) in [6, 6.07) is 12.5. The Balaban J connectivity index is 1.32. The number of hydrogen-bond acceptors (Lipinski definition) is 7. The lowest BCUT2D eigenvalue weighted by atomic mass is 10.1. The van der Waals surface area contributed by atoms with E-state index in [1.54, 1.807) is 30.1 Å². The van der Waals surface area contributed by atoms with Crippen molar-refractivity contribution < 1.29 is 23.7 Å². The van der Waals surface area contributed by atoms with E-state index < -0.39 is 5.60 Å². The molecule has 1 atom stereocenters. The molecule has 0 aliphatic carbocycles. The van der Waals surface area contributed by atoms with Gasteiger partial charge >= 0.3 is 0 Å². The molecule has 176 valence electrons. The summed E-state index contributed by atoms with van der Waals surface area (Å²) in [6.07, 6.45) is 3.15. The lowest BCUT2D eigenvalue weighted by molar-refractivity contribution is -0.0646. The van der Waals surface area contributed by atoms with E-state index in [4.69, 9.17) is 14.2 Å². The van der Waals surface area contributed by atoms with E-state index in [0.29, 0.717) is 50.7 Å². The van der Waals surface area contributed by atoms with E-state index in [1.807, 2.05) is 24.3 Å². The van der Waals surface area contributed by atoms with Crippen LogP contribution in [-0.2, 0) is 17.8 Å². The maximum atomic E-state index is 13.5. The number of aliphatic hydroxyl groups is 1. The zero-order valence-electron chi connectivity index (χ0n) is 18.7. The molecule has 33 heavy (non-hydrogen) atoms. The van der Waals surface area contributed by atoms with E-state index in [9.17, 15) is 9.50 Å². The maximum absolute atomic E-state index is 13.5. The monoisotopic (exact) mass is 456 g/mol.